The second-order valence-electron chi connectivity index (χ2n) is 4.24. The molecule has 1 aliphatic heterocycles. The third kappa shape index (κ3) is 1.89. The molecule has 0 radical (unpaired) electrons. The molecule has 0 spiro atoms. The highest BCUT2D eigenvalue weighted by molar-refractivity contribution is 6.44. The topological polar surface area (TPSA) is 41.1 Å². The number of ketones is 1. The minimum atomic E-state index is 0.0898. The summed E-state index contributed by atoms with van der Waals surface area (Å²) in [5.74, 6) is 0.0898. The van der Waals surface area contributed by atoms with E-state index in [0.717, 1.165) is 22.5 Å². The van der Waals surface area contributed by atoms with Crippen LogP contribution in [0.15, 0.2) is 56.9 Å². The summed E-state index contributed by atoms with van der Waals surface area (Å²) in [6.07, 6.45) is 8.32. The minimum absolute atomic E-state index is 0.0898. The molecular formula is C13H10Cl2N2O. The summed E-state index contributed by atoms with van der Waals surface area (Å²) in [7, 11) is 0. The van der Waals surface area contributed by atoms with Gasteiger partial charge >= 0.3 is 0 Å². The third-order valence-electron chi connectivity index (χ3n) is 3.05. The molecule has 0 aromatic carbocycles. The van der Waals surface area contributed by atoms with Crippen LogP contribution < -0.4 is 10.9 Å². The minimum Gasteiger partial charge on any atom is -0.304 e. The van der Waals surface area contributed by atoms with Gasteiger partial charge in [0.1, 0.15) is 0 Å². The highest BCUT2D eigenvalue weighted by Gasteiger charge is 2.24. The van der Waals surface area contributed by atoms with E-state index in [1.807, 2.05) is 18.2 Å². The first-order chi connectivity index (χ1) is 8.65. The SMILES string of the molecule is O=C1C=C2NNC3=C(C=C(Cl)C(Cl)=CC3)C2=CC1. The summed E-state index contributed by atoms with van der Waals surface area (Å²) >= 11 is 12.1. The number of carbonyl (C=O) groups excluding carboxylic acids is 1. The normalized spacial score (nSPS) is 22.4. The van der Waals surface area contributed by atoms with E-state index < -0.39 is 0 Å². The van der Waals surface area contributed by atoms with Crippen LogP contribution in [-0.4, -0.2) is 5.78 Å². The largest absolute Gasteiger partial charge is 0.304 e. The van der Waals surface area contributed by atoms with Gasteiger partial charge in [0.2, 0.25) is 0 Å². The van der Waals surface area contributed by atoms with Gasteiger partial charge in [0, 0.05) is 35.8 Å². The Hall–Kier alpha value is -1.45. The molecule has 0 aromatic rings. The monoisotopic (exact) mass is 280 g/mol. The van der Waals surface area contributed by atoms with Crippen molar-refractivity contribution in [3.05, 3.63) is 56.9 Å². The second kappa shape index (κ2) is 4.34. The Bertz CT molecular complexity index is 594. The van der Waals surface area contributed by atoms with Crippen molar-refractivity contribution in [3.63, 3.8) is 0 Å². The molecule has 0 bridgehead atoms. The van der Waals surface area contributed by atoms with Gasteiger partial charge in [-0.1, -0.05) is 35.4 Å². The summed E-state index contributed by atoms with van der Waals surface area (Å²) in [5, 5.41) is 1.06. The van der Waals surface area contributed by atoms with Gasteiger partial charge in [-0.25, -0.2) is 0 Å². The number of halogens is 2. The first-order valence-electron chi connectivity index (χ1n) is 5.59. The predicted octanol–water partition coefficient (Wildman–Crippen LogP) is 2.78. The number of hydrazine groups is 1. The van der Waals surface area contributed by atoms with Crippen molar-refractivity contribution in [3.8, 4) is 0 Å². The molecular weight excluding hydrogens is 271 g/mol. The van der Waals surface area contributed by atoms with Gasteiger partial charge in [-0.2, -0.15) is 0 Å². The molecule has 2 N–H and O–H groups in total. The lowest BCUT2D eigenvalue weighted by Gasteiger charge is -2.27. The van der Waals surface area contributed by atoms with Crippen molar-refractivity contribution in [1.82, 2.24) is 10.9 Å². The van der Waals surface area contributed by atoms with E-state index in [9.17, 15) is 4.79 Å². The lowest BCUT2D eigenvalue weighted by atomic mass is 9.92. The van der Waals surface area contributed by atoms with Crippen molar-refractivity contribution in [1.29, 1.82) is 0 Å². The maximum absolute atomic E-state index is 11.4. The standard InChI is InChI=1S/C13H10Cl2N2O/c14-10-3-4-12-9(6-11(10)15)8-2-1-7(18)5-13(8)17-16-12/h2-3,5-6,16-17H,1,4H2. The summed E-state index contributed by atoms with van der Waals surface area (Å²) in [6, 6.07) is 0. The van der Waals surface area contributed by atoms with Gasteiger partial charge in [0.15, 0.2) is 5.78 Å². The fraction of sp³-hybridized carbons (Fsp3) is 0.154. The molecule has 0 aromatic heterocycles. The van der Waals surface area contributed by atoms with E-state index in [2.05, 4.69) is 10.9 Å². The molecule has 0 saturated heterocycles. The molecule has 18 heavy (non-hydrogen) atoms. The van der Waals surface area contributed by atoms with E-state index in [1.165, 1.54) is 0 Å². The lowest BCUT2D eigenvalue weighted by molar-refractivity contribution is -0.114. The van der Waals surface area contributed by atoms with E-state index in [-0.39, 0.29) is 5.78 Å². The number of hydrogen-bond acceptors (Lipinski definition) is 3. The summed E-state index contributed by atoms with van der Waals surface area (Å²) in [5.41, 5.74) is 9.89. The number of hydrogen-bond donors (Lipinski definition) is 2. The van der Waals surface area contributed by atoms with Crippen LogP contribution in [0.25, 0.3) is 0 Å². The molecule has 0 fully saturated rings. The smallest absolute Gasteiger partial charge is 0.161 e. The summed E-state index contributed by atoms with van der Waals surface area (Å²) in [4.78, 5) is 11.4. The first kappa shape index (κ1) is 11.6. The van der Waals surface area contributed by atoms with E-state index in [1.54, 1.807) is 6.08 Å². The Balaban J connectivity index is 2.09. The third-order valence-corrected chi connectivity index (χ3v) is 3.82. The second-order valence-corrected chi connectivity index (χ2v) is 5.05. The quantitative estimate of drug-likeness (QED) is 0.717. The maximum atomic E-state index is 11.4. The Morgan fingerprint density at radius 1 is 1.00 bits per heavy atom. The van der Waals surface area contributed by atoms with Gasteiger partial charge < -0.3 is 10.9 Å². The Kier molecular flexibility index (Phi) is 2.80. The zero-order chi connectivity index (χ0) is 12.7. The van der Waals surface area contributed by atoms with Gasteiger partial charge in [-0.05, 0) is 6.08 Å². The van der Waals surface area contributed by atoms with Gasteiger partial charge in [0.25, 0.3) is 0 Å². The zero-order valence-electron chi connectivity index (χ0n) is 9.39. The number of allylic oxidation sites excluding steroid dienone is 7. The van der Waals surface area contributed by atoms with Gasteiger partial charge in [-0.3, -0.25) is 4.79 Å². The number of rotatable bonds is 0. The molecule has 3 nitrogen and oxygen atoms in total. The number of carbonyl (C=O) groups is 1. The van der Waals surface area contributed by atoms with Gasteiger partial charge in [-0.15, -0.1) is 0 Å². The van der Waals surface area contributed by atoms with Crippen molar-refractivity contribution >= 4 is 29.0 Å². The lowest BCUT2D eigenvalue weighted by Crippen LogP contribution is -2.37. The van der Waals surface area contributed by atoms with Crippen LogP contribution in [0, 0.1) is 0 Å². The van der Waals surface area contributed by atoms with Crippen LogP contribution in [0.3, 0.4) is 0 Å². The fourth-order valence-corrected chi connectivity index (χ4v) is 2.47. The van der Waals surface area contributed by atoms with Crippen LogP contribution in [0.1, 0.15) is 12.8 Å². The Morgan fingerprint density at radius 3 is 2.67 bits per heavy atom. The highest BCUT2D eigenvalue weighted by atomic mass is 35.5. The molecule has 3 aliphatic rings. The molecule has 92 valence electrons. The molecule has 0 atom stereocenters. The highest BCUT2D eigenvalue weighted by Crippen LogP contribution is 2.35. The van der Waals surface area contributed by atoms with E-state index >= 15 is 0 Å². The molecule has 0 unspecified atom stereocenters. The Morgan fingerprint density at radius 2 is 1.83 bits per heavy atom. The fourth-order valence-electron chi connectivity index (χ4n) is 2.15. The first-order valence-corrected chi connectivity index (χ1v) is 6.34. The van der Waals surface area contributed by atoms with E-state index in [0.29, 0.717) is 22.9 Å². The molecule has 5 heteroatoms. The van der Waals surface area contributed by atoms with Crippen molar-refractivity contribution < 1.29 is 4.79 Å². The van der Waals surface area contributed by atoms with Crippen molar-refractivity contribution in [2.24, 2.45) is 0 Å². The molecule has 1 heterocycles. The van der Waals surface area contributed by atoms with Crippen LogP contribution in [0.5, 0.6) is 0 Å². The Labute approximate surface area is 114 Å². The molecule has 0 amide bonds. The van der Waals surface area contributed by atoms with Crippen LogP contribution in [-0.2, 0) is 4.79 Å². The van der Waals surface area contributed by atoms with Crippen LogP contribution in [0.4, 0.5) is 0 Å². The number of fused-ring (bicyclic) bond motifs is 2. The van der Waals surface area contributed by atoms with E-state index in [4.69, 9.17) is 23.2 Å². The number of nitrogens with one attached hydrogen (secondary N) is 2. The van der Waals surface area contributed by atoms with Gasteiger partial charge in [0.05, 0.1) is 15.8 Å². The average Bonchev–Trinajstić information content (AvgIpc) is 2.50. The summed E-state index contributed by atoms with van der Waals surface area (Å²) in [6.45, 7) is 0. The molecule has 3 rings (SSSR count). The van der Waals surface area contributed by atoms with Crippen molar-refractivity contribution in [2.45, 2.75) is 12.8 Å². The average molecular weight is 281 g/mol. The summed E-state index contributed by atoms with van der Waals surface area (Å²) < 4.78 is 0. The molecule has 0 saturated carbocycles. The maximum Gasteiger partial charge on any atom is 0.161 e. The predicted molar refractivity (Wildman–Crippen MR) is 71.6 cm³/mol. The van der Waals surface area contributed by atoms with Crippen LogP contribution >= 0.6 is 23.2 Å². The van der Waals surface area contributed by atoms with Crippen LogP contribution in [0.2, 0.25) is 0 Å². The molecule has 2 aliphatic carbocycles. The van der Waals surface area contributed by atoms with Crippen molar-refractivity contribution in [2.75, 3.05) is 0 Å². The zero-order valence-corrected chi connectivity index (χ0v) is 10.9.